The second-order valence-electron chi connectivity index (χ2n) is 8.08. The first-order valence-corrected chi connectivity index (χ1v) is 9.88. The average Bonchev–Trinajstić information content (AvgIpc) is 3.46. The van der Waals surface area contributed by atoms with E-state index in [0.717, 1.165) is 49.0 Å². The lowest BCUT2D eigenvalue weighted by molar-refractivity contribution is 0.201. The third-order valence-electron chi connectivity index (χ3n) is 6.24. The summed E-state index contributed by atoms with van der Waals surface area (Å²) in [5.41, 5.74) is 6.06. The maximum Gasteiger partial charge on any atom is 0.171 e. The van der Waals surface area contributed by atoms with Crippen molar-refractivity contribution in [2.75, 3.05) is 24.6 Å². The molecule has 4 heteroatoms. The van der Waals surface area contributed by atoms with Crippen molar-refractivity contribution in [1.82, 2.24) is 4.98 Å². The summed E-state index contributed by atoms with van der Waals surface area (Å²) in [4.78, 5) is 7.07. The van der Waals surface area contributed by atoms with Crippen molar-refractivity contribution in [3.63, 3.8) is 0 Å². The molecule has 132 valence electrons. The van der Waals surface area contributed by atoms with Crippen LogP contribution >= 0.6 is 0 Å². The SMILES string of the molecule is NC1CCC(C2CCN(c3ncccc3OCC3CC3)CC2)CC1. The minimum atomic E-state index is 0.459. The number of ether oxygens (including phenoxy) is 1. The van der Waals surface area contributed by atoms with E-state index in [0.29, 0.717) is 6.04 Å². The highest BCUT2D eigenvalue weighted by Gasteiger charge is 2.30. The third kappa shape index (κ3) is 3.85. The Labute approximate surface area is 145 Å². The molecular weight excluding hydrogens is 298 g/mol. The first-order valence-electron chi connectivity index (χ1n) is 9.88. The van der Waals surface area contributed by atoms with E-state index in [9.17, 15) is 0 Å². The molecule has 4 rings (SSSR count). The molecule has 0 amide bonds. The summed E-state index contributed by atoms with van der Waals surface area (Å²) in [7, 11) is 0. The molecule has 2 aliphatic carbocycles. The Bertz CT molecular complexity index is 529. The van der Waals surface area contributed by atoms with E-state index in [-0.39, 0.29) is 0 Å². The van der Waals surface area contributed by atoms with Crippen LogP contribution in [0.15, 0.2) is 18.3 Å². The summed E-state index contributed by atoms with van der Waals surface area (Å²) in [5, 5.41) is 0. The monoisotopic (exact) mass is 329 g/mol. The molecule has 2 heterocycles. The van der Waals surface area contributed by atoms with Crippen LogP contribution in [0.2, 0.25) is 0 Å². The molecule has 0 bridgehead atoms. The molecule has 24 heavy (non-hydrogen) atoms. The molecular formula is C20H31N3O. The van der Waals surface area contributed by atoms with Crippen molar-refractivity contribution >= 4 is 5.82 Å². The molecule has 0 atom stereocenters. The van der Waals surface area contributed by atoms with Gasteiger partial charge in [-0.2, -0.15) is 0 Å². The van der Waals surface area contributed by atoms with Crippen molar-refractivity contribution in [1.29, 1.82) is 0 Å². The minimum absolute atomic E-state index is 0.459. The fraction of sp³-hybridized carbons (Fsp3) is 0.750. The predicted octanol–water partition coefficient (Wildman–Crippen LogP) is 3.60. The summed E-state index contributed by atoms with van der Waals surface area (Å²) in [6.07, 6.45) is 12.3. The van der Waals surface area contributed by atoms with Crippen molar-refractivity contribution in [2.45, 2.75) is 57.4 Å². The number of nitrogens with zero attached hydrogens (tertiary/aromatic N) is 2. The largest absolute Gasteiger partial charge is 0.489 e. The van der Waals surface area contributed by atoms with Crippen LogP contribution in [0.4, 0.5) is 5.82 Å². The van der Waals surface area contributed by atoms with Gasteiger partial charge in [-0.15, -0.1) is 0 Å². The van der Waals surface area contributed by atoms with E-state index in [1.54, 1.807) is 0 Å². The summed E-state index contributed by atoms with van der Waals surface area (Å²) in [5.74, 6) is 4.60. The van der Waals surface area contributed by atoms with Crippen LogP contribution in [0.3, 0.4) is 0 Å². The Morgan fingerprint density at radius 3 is 2.42 bits per heavy atom. The average molecular weight is 329 g/mol. The lowest BCUT2D eigenvalue weighted by Crippen LogP contribution is -2.38. The Hall–Kier alpha value is -1.29. The number of rotatable bonds is 5. The second kappa shape index (κ2) is 7.30. The zero-order valence-electron chi connectivity index (χ0n) is 14.7. The third-order valence-corrected chi connectivity index (χ3v) is 6.24. The van der Waals surface area contributed by atoms with Crippen molar-refractivity contribution in [3.05, 3.63) is 18.3 Å². The van der Waals surface area contributed by atoms with Gasteiger partial charge in [0.25, 0.3) is 0 Å². The fourth-order valence-corrected chi connectivity index (χ4v) is 4.42. The Morgan fingerprint density at radius 1 is 1.00 bits per heavy atom. The van der Waals surface area contributed by atoms with Gasteiger partial charge in [0.15, 0.2) is 11.6 Å². The molecule has 2 saturated carbocycles. The number of hydrogen-bond acceptors (Lipinski definition) is 4. The molecule has 0 unspecified atom stereocenters. The number of nitrogens with two attached hydrogens (primary N) is 1. The highest BCUT2D eigenvalue weighted by atomic mass is 16.5. The molecule has 1 aromatic rings. The van der Waals surface area contributed by atoms with E-state index >= 15 is 0 Å². The van der Waals surface area contributed by atoms with Crippen LogP contribution < -0.4 is 15.4 Å². The second-order valence-corrected chi connectivity index (χ2v) is 8.08. The fourth-order valence-electron chi connectivity index (χ4n) is 4.42. The normalized spacial score (nSPS) is 28.8. The molecule has 3 aliphatic rings. The van der Waals surface area contributed by atoms with Gasteiger partial charge in [-0.3, -0.25) is 0 Å². The van der Waals surface area contributed by atoms with Gasteiger partial charge in [0, 0.05) is 25.3 Å². The smallest absolute Gasteiger partial charge is 0.171 e. The first-order chi connectivity index (χ1) is 11.8. The van der Waals surface area contributed by atoms with E-state index < -0.39 is 0 Å². The molecule has 1 aliphatic heterocycles. The maximum absolute atomic E-state index is 6.06. The predicted molar refractivity (Wildman–Crippen MR) is 97.3 cm³/mol. The summed E-state index contributed by atoms with van der Waals surface area (Å²) >= 11 is 0. The maximum atomic E-state index is 6.06. The topological polar surface area (TPSA) is 51.4 Å². The van der Waals surface area contributed by atoms with E-state index in [2.05, 4.69) is 16.0 Å². The van der Waals surface area contributed by atoms with Crippen LogP contribution in [-0.4, -0.2) is 30.7 Å². The van der Waals surface area contributed by atoms with Crippen LogP contribution in [-0.2, 0) is 0 Å². The zero-order chi connectivity index (χ0) is 16.4. The molecule has 0 radical (unpaired) electrons. The Morgan fingerprint density at radius 2 is 1.71 bits per heavy atom. The van der Waals surface area contributed by atoms with Gasteiger partial charge < -0.3 is 15.4 Å². The molecule has 4 nitrogen and oxygen atoms in total. The highest BCUT2D eigenvalue weighted by Crippen LogP contribution is 2.38. The Balaban J connectivity index is 1.33. The molecule has 2 N–H and O–H groups in total. The van der Waals surface area contributed by atoms with Crippen LogP contribution in [0.25, 0.3) is 0 Å². The van der Waals surface area contributed by atoms with E-state index in [1.807, 2.05) is 12.3 Å². The standard InChI is InChI=1S/C20H31N3O/c21-18-7-5-16(6-8-18)17-9-12-23(13-10-17)20-19(2-1-11-22-20)24-14-15-3-4-15/h1-2,11,15-18H,3-10,12-14,21H2. The highest BCUT2D eigenvalue weighted by molar-refractivity contribution is 5.52. The number of aromatic nitrogens is 1. The van der Waals surface area contributed by atoms with Crippen LogP contribution in [0.1, 0.15) is 51.4 Å². The van der Waals surface area contributed by atoms with Crippen molar-refractivity contribution in [3.8, 4) is 5.75 Å². The molecule has 0 spiro atoms. The van der Waals surface area contributed by atoms with E-state index in [1.165, 1.54) is 51.4 Å². The number of piperidine rings is 1. The van der Waals surface area contributed by atoms with Crippen LogP contribution in [0, 0.1) is 17.8 Å². The van der Waals surface area contributed by atoms with Gasteiger partial charge in [-0.1, -0.05) is 0 Å². The first kappa shape index (κ1) is 16.2. The molecule has 1 aromatic heterocycles. The summed E-state index contributed by atoms with van der Waals surface area (Å²) < 4.78 is 6.05. The quantitative estimate of drug-likeness (QED) is 0.896. The lowest BCUT2D eigenvalue weighted by atomic mass is 9.74. The number of anilines is 1. The van der Waals surface area contributed by atoms with Gasteiger partial charge in [0.1, 0.15) is 0 Å². The number of pyridine rings is 1. The molecule has 3 fully saturated rings. The van der Waals surface area contributed by atoms with Gasteiger partial charge in [0.05, 0.1) is 6.61 Å². The van der Waals surface area contributed by atoms with Crippen molar-refractivity contribution in [2.24, 2.45) is 23.5 Å². The Kier molecular flexibility index (Phi) is 4.93. The summed E-state index contributed by atoms with van der Waals surface area (Å²) in [6.45, 7) is 3.09. The lowest BCUT2D eigenvalue weighted by Gasteiger charge is -2.39. The van der Waals surface area contributed by atoms with Crippen molar-refractivity contribution < 1.29 is 4.74 Å². The zero-order valence-corrected chi connectivity index (χ0v) is 14.7. The molecule has 1 saturated heterocycles. The van der Waals surface area contributed by atoms with Gasteiger partial charge in [-0.05, 0) is 81.3 Å². The number of hydrogen-bond donors (Lipinski definition) is 1. The van der Waals surface area contributed by atoms with Gasteiger partial charge in [-0.25, -0.2) is 4.98 Å². The van der Waals surface area contributed by atoms with E-state index in [4.69, 9.17) is 10.5 Å². The molecule has 0 aromatic carbocycles. The summed E-state index contributed by atoms with van der Waals surface area (Å²) in [6, 6.07) is 4.53. The van der Waals surface area contributed by atoms with Gasteiger partial charge in [0.2, 0.25) is 0 Å². The van der Waals surface area contributed by atoms with Crippen LogP contribution in [0.5, 0.6) is 5.75 Å². The van der Waals surface area contributed by atoms with Gasteiger partial charge >= 0.3 is 0 Å². The minimum Gasteiger partial charge on any atom is -0.489 e.